The van der Waals surface area contributed by atoms with Crippen LogP contribution >= 0.6 is 23.4 Å². The summed E-state index contributed by atoms with van der Waals surface area (Å²) >= 11 is 7.61. The molecular formula is C16H13ClN2OS. The zero-order valence-corrected chi connectivity index (χ0v) is 12.9. The van der Waals surface area contributed by atoms with Crippen LogP contribution in [0.25, 0.3) is 0 Å². The van der Waals surface area contributed by atoms with Gasteiger partial charge in [-0.2, -0.15) is 0 Å². The highest BCUT2D eigenvalue weighted by atomic mass is 35.5. The summed E-state index contributed by atoms with van der Waals surface area (Å²) in [5.74, 6) is -0.0981. The van der Waals surface area contributed by atoms with Gasteiger partial charge in [-0.15, -0.1) is 11.8 Å². The Hall–Kier alpha value is -1.91. The van der Waals surface area contributed by atoms with E-state index in [2.05, 4.69) is 5.32 Å². The van der Waals surface area contributed by atoms with E-state index in [1.807, 2.05) is 48.7 Å². The molecule has 1 N–H and O–H groups in total. The van der Waals surface area contributed by atoms with E-state index >= 15 is 0 Å². The summed E-state index contributed by atoms with van der Waals surface area (Å²) in [5, 5.41) is 4.67. The van der Waals surface area contributed by atoms with Crippen molar-refractivity contribution in [3.05, 3.63) is 64.7 Å². The number of hydrogen-bond donors (Lipinski definition) is 1. The number of hydrogen-bond acceptors (Lipinski definition) is 3. The number of amides is 1. The zero-order chi connectivity index (χ0) is 14.8. The fraction of sp³-hybridized carbons (Fsp3) is 0.0625. The van der Waals surface area contributed by atoms with Crippen LogP contribution in [0.5, 0.6) is 0 Å². The van der Waals surface area contributed by atoms with Crippen LogP contribution in [0.3, 0.4) is 0 Å². The standard InChI is InChI=1S/C16H13ClN2OS/c1-21-15-10-16(20)19(12-5-3-2-4-6-12)14-9-11(17)7-8-13(14)18-15/h2-10,18H,1H3. The predicted molar refractivity (Wildman–Crippen MR) is 90.3 cm³/mol. The van der Waals surface area contributed by atoms with Crippen LogP contribution in [-0.4, -0.2) is 12.2 Å². The lowest BCUT2D eigenvalue weighted by molar-refractivity contribution is -0.113. The first-order valence-electron chi connectivity index (χ1n) is 6.40. The molecule has 0 fully saturated rings. The van der Waals surface area contributed by atoms with Gasteiger partial charge in [-0.1, -0.05) is 29.8 Å². The van der Waals surface area contributed by atoms with E-state index in [9.17, 15) is 4.79 Å². The third-order valence-electron chi connectivity index (χ3n) is 3.17. The van der Waals surface area contributed by atoms with Gasteiger partial charge in [0.2, 0.25) is 0 Å². The summed E-state index contributed by atoms with van der Waals surface area (Å²) in [6.07, 6.45) is 3.53. The van der Waals surface area contributed by atoms with Gasteiger partial charge >= 0.3 is 0 Å². The van der Waals surface area contributed by atoms with Crippen molar-refractivity contribution >= 4 is 46.3 Å². The SMILES string of the molecule is CSC1=CC(=O)N(c2ccccc2)c2cc(Cl)ccc2N1. The topological polar surface area (TPSA) is 32.3 Å². The van der Waals surface area contributed by atoms with Crippen LogP contribution in [0.15, 0.2) is 59.6 Å². The molecule has 0 atom stereocenters. The van der Waals surface area contributed by atoms with Gasteiger partial charge < -0.3 is 5.32 Å². The summed E-state index contributed by atoms with van der Waals surface area (Å²) in [6, 6.07) is 15.0. The number of carbonyl (C=O) groups excluding carboxylic acids is 1. The Bertz CT molecular complexity index is 715. The second-order valence-corrected chi connectivity index (χ2v) is 5.79. The minimum Gasteiger partial charge on any atom is -0.348 e. The molecule has 2 aromatic rings. The molecule has 5 heteroatoms. The third kappa shape index (κ3) is 2.77. The highest BCUT2D eigenvalue weighted by Gasteiger charge is 2.23. The number of fused-ring (bicyclic) bond motifs is 1. The number of carbonyl (C=O) groups is 1. The maximum Gasteiger partial charge on any atom is 0.258 e. The van der Waals surface area contributed by atoms with Gasteiger partial charge in [0.15, 0.2) is 0 Å². The number of para-hydroxylation sites is 1. The first-order chi connectivity index (χ1) is 10.2. The monoisotopic (exact) mass is 316 g/mol. The number of halogens is 1. The molecule has 106 valence electrons. The van der Waals surface area contributed by atoms with Crippen molar-refractivity contribution in [2.45, 2.75) is 0 Å². The zero-order valence-electron chi connectivity index (χ0n) is 11.3. The first kappa shape index (κ1) is 14.0. The molecule has 3 rings (SSSR count). The fourth-order valence-electron chi connectivity index (χ4n) is 2.21. The van der Waals surface area contributed by atoms with Crippen molar-refractivity contribution < 1.29 is 4.79 Å². The number of anilines is 3. The highest BCUT2D eigenvalue weighted by molar-refractivity contribution is 8.02. The maximum absolute atomic E-state index is 12.6. The highest BCUT2D eigenvalue weighted by Crippen LogP contribution is 2.38. The van der Waals surface area contributed by atoms with Crippen molar-refractivity contribution in [1.29, 1.82) is 0 Å². The van der Waals surface area contributed by atoms with Gasteiger partial charge in [-0.25, -0.2) is 0 Å². The van der Waals surface area contributed by atoms with E-state index in [0.29, 0.717) is 5.02 Å². The molecule has 3 nitrogen and oxygen atoms in total. The number of rotatable bonds is 2. The van der Waals surface area contributed by atoms with Crippen molar-refractivity contribution in [3.8, 4) is 0 Å². The lowest BCUT2D eigenvalue weighted by atomic mass is 10.2. The Balaban J connectivity index is 2.20. The largest absolute Gasteiger partial charge is 0.348 e. The van der Waals surface area contributed by atoms with E-state index in [-0.39, 0.29) is 5.91 Å². The van der Waals surface area contributed by atoms with Crippen molar-refractivity contribution in [1.82, 2.24) is 0 Å². The lowest BCUT2D eigenvalue weighted by Gasteiger charge is -2.22. The normalized spacial score (nSPS) is 14.1. The Morgan fingerprint density at radius 3 is 2.62 bits per heavy atom. The smallest absolute Gasteiger partial charge is 0.258 e. The summed E-state index contributed by atoms with van der Waals surface area (Å²) < 4.78 is 0. The molecule has 0 spiro atoms. The Kier molecular flexibility index (Phi) is 3.90. The summed E-state index contributed by atoms with van der Waals surface area (Å²) in [7, 11) is 0. The maximum atomic E-state index is 12.6. The van der Waals surface area contributed by atoms with Crippen LogP contribution < -0.4 is 10.2 Å². The molecule has 0 saturated carbocycles. The molecule has 1 aliphatic rings. The van der Waals surface area contributed by atoms with Crippen LogP contribution in [0.2, 0.25) is 5.02 Å². The van der Waals surface area contributed by atoms with Crippen molar-refractivity contribution in [3.63, 3.8) is 0 Å². The van der Waals surface area contributed by atoms with Gasteiger partial charge in [0.05, 0.1) is 16.4 Å². The number of nitrogens with one attached hydrogen (secondary N) is 1. The van der Waals surface area contributed by atoms with E-state index in [0.717, 1.165) is 22.1 Å². The fourth-order valence-corrected chi connectivity index (χ4v) is 2.81. The number of nitrogens with zero attached hydrogens (tertiary/aromatic N) is 1. The van der Waals surface area contributed by atoms with E-state index < -0.39 is 0 Å². The Morgan fingerprint density at radius 1 is 1.14 bits per heavy atom. The molecule has 0 unspecified atom stereocenters. The summed E-state index contributed by atoms with van der Waals surface area (Å²) in [4.78, 5) is 14.3. The molecule has 0 aliphatic carbocycles. The van der Waals surface area contributed by atoms with Crippen LogP contribution in [0.4, 0.5) is 17.1 Å². The molecule has 0 bridgehead atoms. The van der Waals surface area contributed by atoms with Gasteiger partial charge in [0.25, 0.3) is 5.91 Å². The third-order valence-corrected chi connectivity index (χ3v) is 4.06. The van der Waals surface area contributed by atoms with E-state index in [1.54, 1.807) is 17.0 Å². The Morgan fingerprint density at radius 2 is 1.90 bits per heavy atom. The van der Waals surface area contributed by atoms with Crippen molar-refractivity contribution in [2.24, 2.45) is 0 Å². The van der Waals surface area contributed by atoms with Gasteiger partial charge in [-0.3, -0.25) is 9.69 Å². The molecular weight excluding hydrogens is 304 g/mol. The molecule has 0 aromatic heterocycles. The van der Waals surface area contributed by atoms with Crippen LogP contribution in [0, 0.1) is 0 Å². The minimum atomic E-state index is -0.0981. The van der Waals surface area contributed by atoms with Gasteiger partial charge in [0.1, 0.15) is 0 Å². The predicted octanol–water partition coefficient (Wildman–Crippen LogP) is 4.63. The van der Waals surface area contributed by atoms with Crippen LogP contribution in [0.1, 0.15) is 0 Å². The Labute approximate surface area is 132 Å². The second kappa shape index (κ2) is 5.84. The number of thioether (sulfide) groups is 1. The average Bonchev–Trinajstić information content (AvgIpc) is 2.63. The summed E-state index contributed by atoms with van der Waals surface area (Å²) in [5.41, 5.74) is 2.42. The van der Waals surface area contributed by atoms with Crippen molar-refractivity contribution in [2.75, 3.05) is 16.5 Å². The minimum absolute atomic E-state index is 0.0981. The molecule has 0 radical (unpaired) electrons. The lowest BCUT2D eigenvalue weighted by Crippen LogP contribution is -2.23. The summed E-state index contributed by atoms with van der Waals surface area (Å²) in [6.45, 7) is 0. The van der Waals surface area contributed by atoms with E-state index in [1.165, 1.54) is 11.8 Å². The number of benzene rings is 2. The quantitative estimate of drug-likeness (QED) is 0.876. The molecule has 1 heterocycles. The molecule has 2 aromatic carbocycles. The molecule has 0 saturated heterocycles. The van der Waals surface area contributed by atoms with E-state index in [4.69, 9.17) is 11.6 Å². The molecule has 1 amide bonds. The second-order valence-electron chi connectivity index (χ2n) is 4.51. The first-order valence-corrected chi connectivity index (χ1v) is 8.01. The van der Waals surface area contributed by atoms with Gasteiger partial charge in [-0.05, 0) is 36.6 Å². The molecule has 1 aliphatic heterocycles. The average molecular weight is 317 g/mol. The van der Waals surface area contributed by atoms with Gasteiger partial charge in [0, 0.05) is 16.8 Å². The molecule has 21 heavy (non-hydrogen) atoms. The van der Waals surface area contributed by atoms with Crippen LogP contribution in [-0.2, 0) is 4.79 Å².